The molecule has 1 fully saturated rings. The normalized spacial score (nSPS) is 15.6. The summed E-state index contributed by atoms with van der Waals surface area (Å²) in [5, 5.41) is 3.77. The zero-order valence-electron chi connectivity index (χ0n) is 13.9. The molecule has 0 saturated heterocycles. The van der Waals surface area contributed by atoms with Gasteiger partial charge >= 0.3 is 0 Å². The van der Waals surface area contributed by atoms with Gasteiger partial charge in [-0.2, -0.15) is 0 Å². The number of rotatable bonds is 6. The van der Waals surface area contributed by atoms with Crippen LogP contribution >= 0.6 is 11.6 Å². The Morgan fingerprint density at radius 3 is 2.24 bits per heavy atom. The minimum atomic E-state index is -3.08. The lowest BCUT2D eigenvalue weighted by Gasteiger charge is -2.19. The van der Waals surface area contributed by atoms with Crippen molar-refractivity contribution in [2.24, 2.45) is 5.92 Å². The van der Waals surface area contributed by atoms with Crippen molar-refractivity contribution in [1.29, 1.82) is 0 Å². The van der Waals surface area contributed by atoms with Gasteiger partial charge in [0.15, 0.2) is 9.84 Å². The predicted molar refractivity (Wildman–Crippen MR) is 99.4 cm³/mol. The maximum atomic E-state index is 12.6. The summed E-state index contributed by atoms with van der Waals surface area (Å²) in [5.74, 6) is 0.275. The summed E-state index contributed by atoms with van der Waals surface area (Å²) in [6, 6.07) is 14.2. The number of carbonyl (C=O) groups excluding carboxylic acids is 1. The van der Waals surface area contributed by atoms with E-state index < -0.39 is 9.84 Å². The largest absolute Gasteiger partial charge is 0.345 e. The summed E-state index contributed by atoms with van der Waals surface area (Å²) in [7, 11) is -3.08. The van der Waals surface area contributed by atoms with E-state index in [4.69, 9.17) is 11.6 Å². The fourth-order valence-electron chi connectivity index (χ4n) is 2.85. The summed E-state index contributed by atoms with van der Waals surface area (Å²) < 4.78 is 22.7. The van der Waals surface area contributed by atoms with Crippen LogP contribution in [0.3, 0.4) is 0 Å². The van der Waals surface area contributed by atoms with Crippen LogP contribution in [0.15, 0.2) is 48.5 Å². The van der Waals surface area contributed by atoms with E-state index in [9.17, 15) is 13.2 Å². The van der Waals surface area contributed by atoms with Gasteiger partial charge < -0.3 is 5.32 Å². The molecule has 1 saturated carbocycles. The van der Waals surface area contributed by atoms with Crippen LogP contribution in [0.5, 0.6) is 0 Å². The molecule has 6 heteroatoms. The van der Waals surface area contributed by atoms with E-state index in [2.05, 4.69) is 5.32 Å². The van der Waals surface area contributed by atoms with Crippen molar-refractivity contribution >= 4 is 27.3 Å². The monoisotopic (exact) mass is 377 g/mol. The highest BCUT2D eigenvalue weighted by Gasteiger charge is 2.33. The first kappa shape index (κ1) is 18.0. The van der Waals surface area contributed by atoms with Crippen molar-refractivity contribution < 1.29 is 13.2 Å². The Kier molecular flexibility index (Phi) is 5.16. The molecular weight excluding hydrogens is 358 g/mol. The Balaban J connectivity index is 1.72. The van der Waals surface area contributed by atoms with E-state index in [0.29, 0.717) is 22.1 Å². The van der Waals surface area contributed by atoms with E-state index in [1.807, 2.05) is 24.3 Å². The Hall–Kier alpha value is -1.85. The van der Waals surface area contributed by atoms with Gasteiger partial charge in [0.05, 0.1) is 11.8 Å². The average molecular weight is 378 g/mol. The SMILES string of the molecule is CS(=O)(=O)Cc1ccc(C(=O)N[C@H](c2ccc(Cl)cc2)C2CC2)cc1. The molecule has 0 radical (unpaired) electrons. The summed E-state index contributed by atoms with van der Waals surface area (Å²) in [5.41, 5.74) is 2.25. The van der Waals surface area contributed by atoms with Gasteiger partial charge in [-0.1, -0.05) is 35.9 Å². The second-order valence-corrected chi connectivity index (χ2v) is 9.18. The van der Waals surface area contributed by atoms with Crippen LogP contribution in [0, 0.1) is 5.92 Å². The summed E-state index contributed by atoms with van der Waals surface area (Å²) in [4.78, 5) is 12.6. The lowest BCUT2D eigenvalue weighted by atomic mass is 10.0. The Bertz CT molecular complexity index is 857. The molecule has 1 N–H and O–H groups in total. The van der Waals surface area contributed by atoms with Crippen molar-refractivity contribution in [2.75, 3.05) is 6.26 Å². The molecule has 1 amide bonds. The van der Waals surface area contributed by atoms with E-state index in [1.54, 1.807) is 24.3 Å². The zero-order chi connectivity index (χ0) is 18.0. The van der Waals surface area contributed by atoms with Crippen LogP contribution in [0.25, 0.3) is 0 Å². The third-order valence-corrected chi connectivity index (χ3v) is 5.36. The number of sulfone groups is 1. The van der Waals surface area contributed by atoms with Gasteiger partial charge in [0.1, 0.15) is 0 Å². The molecule has 2 aromatic carbocycles. The number of hydrogen-bond donors (Lipinski definition) is 1. The Morgan fingerprint density at radius 1 is 1.12 bits per heavy atom. The second-order valence-electron chi connectivity index (χ2n) is 6.61. The number of amides is 1. The third-order valence-electron chi connectivity index (χ3n) is 4.25. The number of halogens is 1. The highest BCUT2D eigenvalue weighted by Crippen LogP contribution is 2.41. The van der Waals surface area contributed by atoms with Crippen LogP contribution < -0.4 is 5.32 Å². The lowest BCUT2D eigenvalue weighted by molar-refractivity contribution is 0.0931. The van der Waals surface area contributed by atoms with Crippen LogP contribution in [0.1, 0.15) is 40.4 Å². The summed E-state index contributed by atoms with van der Waals surface area (Å²) >= 11 is 5.94. The number of benzene rings is 2. The highest BCUT2D eigenvalue weighted by atomic mass is 35.5. The van der Waals surface area contributed by atoms with Crippen molar-refractivity contribution in [3.8, 4) is 0 Å². The molecule has 2 aromatic rings. The van der Waals surface area contributed by atoms with Crippen LogP contribution in [0.4, 0.5) is 0 Å². The molecule has 0 aromatic heterocycles. The maximum Gasteiger partial charge on any atom is 0.251 e. The number of nitrogens with one attached hydrogen (secondary N) is 1. The second kappa shape index (κ2) is 7.18. The predicted octanol–water partition coefficient (Wildman–Crippen LogP) is 3.77. The number of hydrogen-bond acceptors (Lipinski definition) is 3. The molecule has 132 valence electrons. The van der Waals surface area contributed by atoms with Crippen LogP contribution in [-0.2, 0) is 15.6 Å². The van der Waals surface area contributed by atoms with Crippen molar-refractivity contribution in [3.05, 3.63) is 70.2 Å². The standard InChI is InChI=1S/C19H20ClNO3S/c1-25(23,24)12-13-2-4-16(5-3-13)19(22)21-18(14-6-7-14)15-8-10-17(20)11-9-15/h2-5,8-11,14,18H,6-7,12H2,1H3,(H,21,22)/t18-/m0/s1. The Labute approximate surface area is 153 Å². The highest BCUT2D eigenvalue weighted by molar-refractivity contribution is 7.89. The third kappa shape index (κ3) is 5.06. The molecular formula is C19H20ClNO3S. The minimum absolute atomic E-state index is 0.0234. The molecule has 0 bridgehead atoms. The van der Waals surface area contributed by atoms with Gasteiger partial charge in [0, 0.05) is 16.8 Å². The molecule has 3 rings (SSSR count). The number of carbonyl (C=O) groups is 1. The van der Waals surface area contributed by atoms with Crippen molar-refractivity contribution in [1.82, 2.24) is 5.32 Å². The van der Waals surface area contributed by atoms with Gasteiger partial charge in [0.2, 0.25) is 0 Å². The molecule has 0 heterocycles. The maximum absolute atomic E-state index is 12.6. The minimum Gasteiger partial charge on any atom is -0.345 e. The van der Waals surface area contributed by atoms with Gasteiger partial charge in [-0.25, -0.2) is 8.42 Å². The fourth-order valence-corrected chi connectivity index (χ4v) is 3.78. The average Bonchev–Trinajstić information content (AvgIpc) is 3.37. The van der Waals surface area contributed by atoms with Crippen LogP contribution in [-0.4, -0.2) is 20.6 Å². The van der Waals surface area contributed by atoms with E-state index in [1.165, 1.54) is 6.26 Å². The Morgan fingerprint density at radius 2 is 1.72 bits per heavy atom. The smallest absolute Gasteiger partial charge is 0.251 e. The van der Waals surface area contributed by atoms with E-state index in [0.717, 1.165) is 18.4 Å². The quantitative estimate of drug-likeness (QED) is 0.833. The molecule has 1 aliphatic rings. The lowest BCUT2D eigenvalue weighted by Crippen LogP contribution is -2.29. The molecule has 0 spiro atoms. The fraction of sp³-hybridized carbons (Fsp3) is 0.316. The first-order valence-electron chi connectivity index (χ1n) is 8.15. The molecule has 0 unspecified atom stereocenters. The van der Waals surface area contributed by atoms with Gasteiger partial charge in [-0.15, -0.1) is 0 Å². The molecule has 1 aliphatic carbocycles. The molecule has 4 nitrogen and oxygen atoms in total. The van der Waals surface area contributed by atoms with Gasteiger partial charge in [-0.3, -0.25) is 4.79 Å². The van der Waals surface area contributed by atoms with E-state index >= 15 is 0 Å². The van der Waals surface area contributed by atoms with Crippen LogP contribution in [0.2, 0.25) is 5.02 Å². The molecule has 0 aliphatic heterocycles. The van der Waals surface area contributed by atoms with Crippen molar-refractivity contribution in [3.63, 3.8) is 0 Å². The molecule has 25 heavy (non-hydrogen) atoms. The van der Waals surface area contributed by atoms with Gasteiger partial charge in [-0.05, 0) is 54.2 Å². The van der Waals surface area contributed by atoms with E-state index in [-0.39, 0.29) is 17.7 Å². The summed E-state index contributed by atoms with van der Waals surface area (Å²) in [6.07, 6.45) is 3.39. The topological polar surface area (TPSA) is 63.2 Å². The first-order valence-corrected chi connectivity index (χ1v) is 10.6. The first-order chi connectivity index (χ1) is 11.8. The summed E-state index contributed by atoms with van der Waals surface area (Å²) in [6.45, 7) is 0. The van der Waals surface area contributed by atoms with Gasteiger partial charge in [0.25, 0.3) is 5.91 Å². The van der Waals surface area contributed by atoms with Crippen molar-refractivity contribution in [2.45, 2.75) is 24.6 Å². The zero-order valence-corrected chi connectivity index (χ0v) is 15.5. The molecule has 1 atom stereocenters.